The highest BCUT2D eigenvalue weighted by Gasteiger charge is 2.18. The van der Waals surface area contributed by atoms with Gasteiger partial charge in [-0.2, -0.15) is 0 Å². The van der Waals surface area contributed by atoms with Crippen LogP contribution in [-0.4, -0.2) is 40.7 Å². The summed E-state index contributed by atoms with van der Waals surface area (Å²) in [4.78, 5) is 39.4. The minimum Gasteiger partial charge on any atom is -0.362 e. The van der Waals surface area contributed by atoms with Crippen LogP contribution in [0.4, 0.5) is 11.5 Å². The maximum atomic E-state index is 12.7. The molecule has 7 heteroatoms. The lowest BCUT2D eigenvalue weighted by Crippen LogP contribution is -2.20. The van der Waals surface area contributed by atoms with E-state index in [0.29, 0.717) is 22.7 Å². The second-order valence-corrected chi connectivity index (χ2v) is 6.64. The number of nitrogens with zero attached hydrogens (tertiary/aromatic N) is 4. The Kier molecular flexibility index (Phi) is 4.85. The summed E-state index contributed by atoms with van der Waals surface area (Å²) in [5.41, 5.74) is 3.34. The molecule has 0 spiro atoms. The predicted molar refractivity (Wildman–Crippen MR) is 106 cm³/mol. The van der Waals surface area contributed by atoms with E-state index in [4.69, 9.17) is 0 Å². The van der Waals surface area contributed by atoms with E-state index in [1.807, 2.05) is 38.9 Å². The van der Waals surface area contributed by atoms with Gasteiger partial charge >= 0.3 is 0 Å². The van der Waals surface area contributed by atoms with Crippen molar-refractivity contribution in [2.75, 3.05) is 24.3 Å². The van der Waals surface area contributed by atoms with Crippen molar-refractivity contribution in [3.63, 3.8) is 0 Å². The molecule has 0 atom stereocenters. The average molecular weight is 363 g/mol. The monoisotopic (exact) mass is 363 g/mol. The third-order valence-electron chi connectivity index (χ3n) is 4.13. The quantitative estimate of drug-likeness (QED) is 0.716. The largest absolute Gasteiger partial charge is 0.362 e. The van der Waals surface area contributed by atoms with Gasteiger partial charge < -0.3 is 10.2 Å². The number of amides is 1. The number of fused-ring (bicyclic) bond motifs is 1. The summed E-state index contributed by atoms with van der Waals surface area (Å²) in [5.74, 6) is 0.129. The van der Waals surface area contributed by atoms with Crippen LogP contribution >= 0.6 is 0 Å². The Morgan fingerprint density at radius 2 is 1.78 bits per heavy atom. The number of carbonyl (C=O) groups is 2. The molecular weight excluding hydrogens is 342 g/mol. The lowest BCUT2D eigenvalue weighted by atomic mass is 10.1. The highest BCUT2D eigenvalue weighted by atomic mass is 16.2. The Morgan fingerprint density at radius 1 is 1.04 bits per heavy atom. The second kappa shape index (κ2) is 7.11. The van der Waals surface area contributed by atoms with Gasteiger partial charge in [-0.3, -0.25) is 9.59 Å². The minimum atomic E-state index is -0.457. The molecule has 0 saturated heterocycles. The molecule has 7 nitrogen and oxygen atoms in total. The molecule has 1 amide bonds. The van der Waals surface area contributed by atoms with Crippen LogP contribution in [0.25, 0.3) is 11.0 Å². The number of carbonyl (C=O) groups excluding carboxylic acids is 2. The number of benzene rings is 1. The summed E-state index contributed by atoms with van der Waals surface area (Å²) in [6.45, 7) is 5.34. The summed E-state index contributed by atoms with van der Waals surface area (Å²) in [6.07, 6.45) is 0. The summed E-state index contributed by atoms with van der Waals surface area (Å²) < 4.78 is 0. The summed E-state index contributed by atoms with van der Waals surface area (Å²) in [7, 11) is 3.72. The number of nitrogens with one attached hydrogen (secondary N) is 1. The molecule has 1 N–H and O–H groups in total. The molecule has 0 bridgehead atoms. The van der Waals surface area contributed by atoms with Crippen molar-refractivity contribution >= 4 is 34.2 Å². The van der Waals surface area contributed by atoms with Gasteiger partial charge in [0.1, 0.15) is 5.82 Å². The highest BCUT2D eigenvalue weighted by molar-refractivity contribution is 6.04. The maximum Gasteiger partial charge on any atom is 0.293 e. The van der Waals surface area contributed by atoms with E-state index >= 15 is 0 Å². The summed E-state index contributed by atoms with van der Waals surface area (Å²) in [6, 6.07) is 8.72. The Balaban J connectivity index is 2.04. The molecule has 0 radical (unpaired) electrons. The fraction of sp³-hybridized carbons (Fsp3) is 0.250. The molecule has 3 aromatic rings. The minimum absolute atomic E-state index is 0.0249. The number of aryl methyl sites for hydroxylation is 2. The standard InChI is InChI=1S/C20H21N5O2/c1-11-9-12(2)21-17-16(11)19(25(4)5)24-18(23-17)20(27)22-15-8-6-7-14(10-15)13(3)26/h6-10H,1-5H3,(H,22,27). The maximum absolute atomic E-state index is 12.7. The number of hydrogen-bond donors (Lipinski definition) is 1. The van der Waals surface area contributed by atoms with Gasteiger partial charge in [0, 0.05) is 31.0 Å². The number of anilines is 2. The topological polar surface area (TPSA) is 88.1 Å². The first kappa shape index (κ1) is 18.4. The first-order valence-electron chi connectivity index (χ1n) is 8.52. The molecule has 2 heterocycles. The van der Waals surface area contributed by atoms with Crippen LogP contribution in [0, 0.1) is 13.8 Å². The van der Waals surface area contributed by atoms with Gasteiger partial charge in [-0.1, -0.05) is 12.1 Å². The van der Waals surface area contributed by atoms with Gasteiger partial charge in [0.05, 0.1) is 5.39 Å². The van der Waals surface area contributed by atoms with E-state index in [0.717, 1.165) is 16.6 Å². The molecule has 0 aliphatic heterocycles. The smallest absolute Gasteiger partial charge is 0.293 e. The zero-order valence-corrected chi connectivity index (χ0v) is 16.0. The lowest BCUT2D eigenvalue weighted by molar-refractivity contribution is 0.100. The average Bonchev–Trinajstić information content (AvgIpc) is 2.60. The summed E-state index contributed by atoms with van der Waals surface area (Å²) >= 11 is 0. The number of rotatable bonds is 4. The van der Waals surface area contributed by atoms with Crippen molar-refractivity contribution in [3.05, 3.63) is 53.0 Å². The summed E-state index contributed by atoms with van der Waals surface area (Å²) in [5, 5.41) is 3.57. The third kappa shape index (κ3) is 3.76. The Morgan fingerprint density at radius 3 is 2.44 bits per heavy atom. The van der Waals surface area contributed by atoms with Crippen LogP contribution in [0.15, 0.2) is 30.3 Å². The van der Waals surface area contributed by atoms with E-state index in [2.05, 4.69) is 20.3 Å². The van der Waals surface area contributed by atoms with E-state index < -0.39 is 5.91 Å². The first-order chi connectivity index (χ1) is 12.8. The predicted octanol–water partition coefficient (Wildman–Crippen LogP) is 3.16. The van der Waals surface area contributed by atoms with Crippen molar-refractivity contribution in [1.82, 2.24) is 15.0 Å². The van der Waals surface area contributed by atoms with E-state index in [1.54, 1.807) is 24.3 Å². The molecule has 2 aromatic heterocycles. The molecule has 3 rings (SSSR count). The number of ketones is 1. The Bertz CT molecular complexity index is 1060. The van der Waals surface area contributed by atoms with Crippen LogP contribution in [0.5, 0.6) is 0 Å². The van der Waals surface area contributed by atoms with Gasteiger partial charge in [-0.25, -0.2) is 15.0 Å². The van der Waals surface area contributed by atoms with Gasteiger partial charge in [0.2, 0.25) is 5.82 Å². The molecule has 27 heavy (non-hydrogen) atoms. The molecule has 138 valence electrons. The molecular formula is C20H21N5O2. The molecule has 0 aliphatic carbocycles. The van der Waals surface area contributed by atoms with Crippen molar-refractivity contribution < 1.29 is 9.59 Å². The molecule has 0 fully saturated rings. The van der Waals surface area contributed by atoms with Crippen molar-refractivity contribution in [2.45, 2.75) is 20.8 Å². The number of hydrogen-bond acceptors (Lipinski definition) is 6. The zero-order valence-electron chi connectivity index (χ0n) is 16.0. The lowest BCUT2D eigenvalue weighted by Gasteiger charge is -2.16. The van der Waals surface area contributed by atoms with E-state index in [9.17, 15) is 9.59 Å². The third-order valence-corrected chi connectivity index (χ3v) is 4.13. The Hall–Kier alpha value is -3.35. The zero-order chi connectivity index (χ0) is 19.7. The number of pyridine rings is 1. The number of Topliss-reactive ketones (excluding diaryl/α,β-unsaturated/α-hetero) is 1. The van der Waals surface area contributed by atoms with Crippen LogP contribution < -0.4 is 10.2 Å². The number of aromatic nitrogens is 3. The Labute approximate surface area is 157 Å². The molecule has 0 aliphatic rings. The second-order valence-electron chi connectivity index (χ2n) is 6.64. The normalized spacial score (nSPS) is 10.7. The van der Waals surface area contributed by atoms with Crippen molar-refractivity contribution in [1.29, 1.82) is 0 Å². The van der Waals surface area contributed by atoms with Crippen LogP contribution in [-0.2, 0) is 0 Å². The van der Waals surface area contributed by atoms with E-state index in [1.165, 1.54) is 6.92 Å². The van der Waals surface area contributed by atoms with Crippen LogP contribution in [0.3, 0.4) is 0 Å². The molecule has 0 unspecified atom stereocenters. The first-order valence-corrected chi connectivity index (χ1v) is 8.52. The van der Waals surface area contributed by atoms with Gasteiger partial charge in [0.25, 0.3) is 5.91 Å². The van der Waals surface area contributed by atoms with Gasteiger partial charge in [-0.15, -0.1) is 0 Å². The molecule has 1 aromatic carbocycles. The highest BCUT2D eigenvalue weighted by Crippen LogP contribution is 2.25. The van der Waals surface area contributed by atoms with Crippen LogP contribution in [0.2, 0.25) is 0 Å². The fourth-order valence-corrected chi connectivity index (χ4v) is 2.88. The van der Waals surface area contributed by atoms with Crippen molar-refractivity contribution in [2.24, 2.45) is 0 Å². The van der Waals surface area contributed by atoms with Crippen LogP contribution in [0.1, 0.15) is 39.2 Å². The fourth-order valence-electron chi connectivity index (χ4n) is 2.88. The SMILES string of the molecule is CC(=O)c1cccc(NC(=O)c2nc(N(C)C)c3c(C)cc(C)nc3n2)c1. The van der Waals surface area contributed by atoms with Gasteiger partial charge in [0.15, 0.2) is 11.4 Å². The van der Waals surface area contributed by atoms with Gasteiger partial charge in [-0.05, 0) is 44.5 Å². The molecule has 0 saturated carbocycles. The van der Waals surface area contributed by atoms with Crippen molar-refractivity contribution in [3.8, 4) is 0 Å². The van der Waals surface area contributed by atoms with E-state index in [-0.39, 0.29) is 11.6 Å².